The van der Waals surface area contributed by atoms with Crippen molar-refractivity contribution in [3.8, 4) is 22.9 Å². The zero-order chi connectivity index (χ0) is 23.7. The Balaban J connectivity index is 0.000000837. The second kappa shape index (κ2) is 11.4. The van der Waals surface area contributed by atoms with Crippen LogP contribution in [0.15, 0.2) is 54.6 Å². The van der Waals surface area contributed by atoms with E-state index in [0.717, 1.165) is 5.92 Å². The molecule has 0 unspecified atom stereocenters. The van der Waals surface area contributed by atoms with Crippen LogP contribution in [0.1, 0.15) is 31.3 Å². The second-order valence-corrected chi connectivity index (χ2v) is 7.46. The number of carbonyl (C=O) groups excluding carboxylic acids is 2. The van der Waals surface area contributed by atoms with E-state index in [1.165, 1.54) is 30.3 Å². The maximum Gasteiger partial charge on any atom is 0.267 e. The normalized spacial score (nSPS) is 10.2. The fourth-order valence-electron chi connectivity index (χ4n) is 2.28. The van der Waals surface area contributed by atoms with Gasteiger partial charge in [0.2, 0.25) is 5.91 Å². The molecule has 0 atom stereocenters. The van der Waals surface area contributed by atoms with Crippen LogP contribution >= 0.6 is 0 Å². The molecule has 0 fully saturated rings. The highest BCUT2D eigenvalue weighted by atomic mass is 19.1. The maximum absolute atomic E-state index is 13.0. The predicted molar refractivity (Wildman–Crippen MR) is 121 cm³/mol. The van der Waals surface area contributed by atoms with Crippen LogP contribution in [0.2, 0.25) is 0 Å². The Labute approximate surface area is 185 Å². The number of hydrogen-bond donors (Lipinski definition) is 3. The van der Waals surface area contributed by atoms with E-state index in [1.807, 2.05) is 0 Å². The van der Waals surface area contributed by atoms with Gasteiger partial charge in [-0.25, -0.2) is 14.4 Å². The van der Waals surface area contributed by atoms with Crippen LogP contribution in [-0.4, -0.2) is 28.3 Å². The van der Waals surface area contributed by atoms with Crippen molar-refractivity contribution in [2.24, 2.45) is 17.4 Å². The van der Waals surface area contributed by atoms with Crippen molar-refractivity contribution in [1.29, 1.82) is 0 Å². The number of amides is 2. The molecule has 0 bridgehead atoms. The molecule has 1 heterocycles. The van der Waals surface area contributed by atoms with Crippen LogP contribution in [0.3, 0.4) is 0 Å². The van der Waals surface area contributed by atoms with E-state index < -0.39 is 11.8 Å². The van der Waals surface area contributed by atoms with Gasteiger partial charge in [-0.15, -0.1) is 0 Å². The Morgan fingerprint density at radius 1 is 0.969 bits per heavy atom. The van der Waals surface area contributed by atoms with Gasteiger partial charge >= 0.3 is 0 Å². The second-order valence-electron chi connectivity index (χ2n) is 7.46. The summed E-state index contributed by atoms with van der Waals surface area (Å²) in [4.78, 5) is 30.9. The van der Waals surface area contributed by atoms with Crippen molar-refractivity contribution in [2.75, 3.05) is 11.9 Å². The maximum atomic E-state index is 13.0. The SMILES string of the molecule is CC(C)C.NC(=O)CNc1cc(C(N)=O)nc(-c2ccc(Oc3ccc(F)cc3)cc2)n1. The van der Waals surface area contributed by atoms with Gasteiger partial charge in [-0.05, 0) is 54.4 Å². The first kappa shape index (κ1) is 24.3. The summed E-state index contributed by atoms with van der Waals surface area (Å²) in [5.41, 5.74) is 11.0. The smallest absolute Gasteiger partial charge is 0.267 e. The van der Waals surface area contributed by atoms with Crippen molar-refractivity contribution < 1.29 is 18.7 Å². The number of hydrogen-bond acceptors (Lipinski definition) is 6. The van der Waals surface area contributed by atoms with Crippen LogP contribution in [0.5, 0.6) is 11.5 Å². The summed E-state index contributed by atoms with van der Waals surface area (Å²) in [6.07, 6.45) is 0. The molecule has 0 aliphatic carbocycles. The van der Waals surface area contributed by atoms with Crippen molar-refractivity contribution >= 4 is 17.6 Å². The Hall–Kier alpha value is -4.01. The lowest BCUT2D eigenvalue weighted by atomic mass is 10.2. The van der Waals surface area contributed by atoms with Crippen molar-refractivity contribution in [3.63, 3.8) is 0 Å². The molecule has 5 N–H and O–H groups in total. The molecule has 1 aromatic heterocycles. The Kier molecular flexibility index (Phi) is 8.64. The van der Waals surface area contributed by atoms with Gasteiger partial charge in [0.25, 0.3) is 5.91 Å². The monoisotopic (exact) mass is 439 g/mol. The van der Waals surface area contributed by atoms with E-state index in [2.05, 4.69) is 36.1 Å². The highest BCUT2D eigenvalue weighted by Gasteiger charge is 2.11. The minimum absolute atomic E-state index is 0.0105. The third-order valence-corrected chi connectivity index (χ3v) is 3.58. The van der Waals surface area contributed by atoms with E-state index in [9.17, 15) is 14.0 Å². The molecule has 9 heteroatoms. The molecular formula is C23H26FN5O3. The molecule has 32 heavy (non-hydrogen) atoms. The molecule has 0 aliphatic rings. The van der Waals surface area contributed by atoms with Gasteiger partial charge in [0, 0.05) is 11.6 Å². The first-order valence-electron chi connectivity index (χ1n) is 9.89. The molecule has 168 valence electrons. The van der Waals surface area contributed by atoms with Crippen LogP contribution in [0, 0.1) is 11.7 Å². The van der Waals surface area contributed by atoms with E-state index >= 15 is 0 Å². The number of ether oxygens (including phenoxy) is 1. The quantitative estimate of drug-likeness (QED) is 0.514. The highest BCUT2D eigenvalue weighted by Crippen LogP contribution is 2.25. The first-order chi connectivity index (χ1) is 15.1. The lowest BCUT2D eigenvalue weighted by Gasteiger charge is -2.09. The van der Waals surface area contributed by atoms with Gasteiger partial charge in [0.1, 0.15) is 28.8 Å². The number of rotatable bonds is 7. The molecule has 0 aliphatic heterocycles. The third kappa shape index (κ3) is 8.02. The Bertz CT molecular complexity index is 1050. The number of anilines is 1. The fourth-order valence-corrected chi connectivity index (χ4v) is 2.28. The molecule has 2 aromatic carbocycles. The summed E-state index contributed by atoms with van der Waals surface area (Å²) in [7, 11) is 0. The van der Waals surface area contributed by atoms with Crippen molar-refractivity contribution in [1.82, 2.24) is 9.97 Å². The van der Waals surface area contributed by atoms with Crippen LogP contribution in [0.4, 0.5) is 10.2 Å². The van der Waals surface area contributed by atoms with Crippen LogP contribution in [0.25, 0.3) is 11.4 Å². The van der Waals surface area contributed by atoms with Crippen LogP contribution < -0.4 is 21.5 Å². The Morgan fingerprint density at radius 3 is 2.00 bits per heavy atom. The summed E-state index contributed by atoms with van der Waals surface area (Å²) < 4.78 is 18.6. The van der Waals surface area contributed by atoms with Gasteiger partial charge in [-0.3, -0.25) is 9.59 Å². The largest absolute Gasteiger partial charge is 0.457 e. The number of primary amides is 2. The molecular weight excluding hydrogens is 413 g/mol. The van der Waals surface area contributed by atoms with Gasteiger partial charge in [0.05, 0.1) is 6.54 Å². The summed E-state index contributed by atoms with van der Waals surface area (Å²) >= 11 is 0. The summed E-state index contributed by atoms with van der Waals surface area (Å²) in [5, 5.41) is 2.71. The summed E-state index contributed by atoms with van der Waals surface area (Å²) in [5.74, 6) is 0.647. The number of carbonyl (C=O) groups is 2. The van der Waals surface area contributed by atoms with Gasteiger partial charge in [-0.2, -0.15) is 0 Å². The number of benzene rings is 2. The van der Waals surface area contributed by atoms with E-state index in [0.29, 0.717) is 17.1 Å². The van der Waals surface area contributed by atoms with Crippen LogP contribution in [-0.2, 0) is 4.79 Å². The molecule has 2 amide bonds. The first-order valence-corrected chi connectivity index (χ1v) is 9.89. The minimum atomic E-state index is -0.734. The van der Waals surface area contributed by atoms with Gasteiger partial charge < -0.3 is 21.5 Å². The standard InChI is InChI=1S/C19H16FN5O3.C4H10/c20-12-3-7-14(8-4-12)28-13-5-1-11(2-6-13)19-24-15(18(22)27)9-17(25-19)23-10-16(21)26;1-4(2)3/h1-9H,10H2,(H2,21,26)(H2,22,27)(H,23,24,25);4H,1-3H3. The topological polar surface area (TPSA) is 133 Å². The average Bonchev–Trinajstić information content (AvgIpc) is 2.74. The summed E-state index contributed by atoms with van der Waals surface area (Å²) in [6, 6.07) is 13.7. The lowest BCUT2D eigenvalue weighted by molar-refractivity contribution is -0.116. The predicted octanol–water partition coefficient (Wildman–Crippen LogP) is 3.73. The van der Waals surface area contributed by atoms with E-state index in [1.54, 1.807) is 24.3 Å². The molecule has 0 radical (unpaired) electrons. The third-order valence-electron chi connectivity index (χ3n) is 3.58. The summed E-state index contributed by atoms with van der Waals surface area (Å²) in [6.45, 7) is 6.35. The minimum Gasteiger partial charge on any atom is -0.457 e. The molecule has 3 aromatic rings. The number of nitrogens with zero attached hydrogens (tertiary/aromatic N) is 2. The number of nitrogens with one attached hydrogen (secondary N) is 1. The number of aromatic nitrogens is 2. The molecule has 0 saturated carbocycles. The van der Waals surface area contributed by atoms with Crippen molar-refractivity contribution in [2.45, 2.75) is 20.8 Å². The number of nitrogens with two attached hydrogens (primary N) is 2. The van der Waals surface area contributed by atoms with Crippen molar-refractivity contribution in [3.05, 3.63) is 66.1 Å². The fraction of sp³-hybridized carbons (Fsp3) is 0.217. The van der Waals surface area contributed by atoms with Gasteiger partial charge in [-0.1, -0.05) is 20.8 Å². The Morgan fingerprint density at radius 2 is 1.50 bits per heavy atom. The van der Waals surface area contributed by atoms with E-state index in [4.69, 9.17) is 16.2 Å². The number of halogens is 1. The van der Waals surface area contributed by atoms with E-state index in [-0.39, 0.29) is 29.7 Å². The molecule has 0 saturated heterocycles. The van der Waals surface area contributed by atoms with Gasteiger partial charge in [0.15, 0.2) is 5.82 Å². The molecule has 0 spiro atoms. The molecule has 8 nitrogen and oxygen atoms in total. The zero-order valence-corrected chi connectivity index (χ0v) is 18.1. The lowest BCUT2D eigenvalue weighted by Crippen LogP contribution is -2.23. The highest BCUT2D eigenvalue weighted by molar-refractivity contribution is 5.92. The zero-order valence-electron chi connectivity index (χ0n) is 18.1. The average molecular weight is 439 g/mol. The molecule has 3 rings (SSSR count).